The molecule has 4 heterocycles. The molecule has 1 aliphatic rings. The molecule has 0 aromatic carbocycles. The molecule has 0 bridgehead atoms. The Morgan fingerprint density at radius 1 is 1.30 bits per heavy atom. The SMILES string of the molecule is CS(=O)(=O)NCC1CN(c2ccnc(-c3cnc4ccc(C(F)F)nn34)c2)CCO1. The maximum absolute atomic E-state index is 13.0. The topological polar surface area (TPSA) is 102 Å². The summed E-state index contributed by atoms with van der Waals surface area (Å²) in [7, 11) is -3.30. The molecule has 4 rings (SSSR count). The number of hydrogen-bond donors (Lipinski definition) is 1. The standard InChI is InChI=1S/C18H20F2N6O3S/c1-30(27,28)23-9-13-11-25(6-7-29-13)12-4-5-21-15(8-12)16-10-22-17-3-2-14(18(19)20)24-26(16)17/h2-5,8,10,13,18,23H,6-7,9,11H2,1H3. The van der Waals surface area contributed by atoms with E-state index in [1.807, 2.05) is 12.1 Å². The first-order valence-corrected chi connectivity index (χ1v) is 11.1. The van der Waals surface area contributed by atoms with E-state index in [0.717, 1.165) is 11.9 Å². The highest BCUT2D eigenvalue weighted by Gasteiger charge is 2.22. The van der Waals surface area contributed by atoms with Gasteiger partial charge in [-0.25, -0.2) is 31.4 Å². The molecular weight excluding hydrogens is 418 g/mol. The second kappa shape index (κ2) is 8.20. The molecule has 12 heteroatoms. The van der Waals surface area contributed by atoms with Crippen molar-refractivity contribution in [1.82, 2.24) is 24.3 Å². The van der Waals surface area contributed by atoms with E-state index < -0.39 is 16.4 Å². The summed E-state index contributed by atoms with van der Waals surface area (Å²) in [5.74, 6) is 0. The third kappa shape index (κ3) is 4.55. The zero-order valence-electron chi connectivity index (χ0n) is 16.1. The third-order valence-electron chi connectivity index (χ3n) is 4.69. The fraction of sp³-hybridized carbons (Fsp3) is 0.389. The Kier molecular flexibility index (Phi) is 5.62. The minimum atomic E-state index is -3.30. The van der Waals surface area contributed by atoms with Crippen molar-refractivity contribution >= 4 is 21.4 Å². The van der Waals surface area contributed by atoms with Gasteiger partial charge in [-0.15, -0.1) is 0 Å². The van der Waals surface area contributed by atoms with Crippen molar-refractivity contribution in [3.63, 3.8) is 0 Å². The van der Waals surface area contributed by atoms with Crippen LogP contribution in [0.2, 0.25) is 0 Å². The lowest BCUT2D eigenvalue weighted by atomic mass is 10.2. The number of nitrogens with zero attached hydrogens (tertiary/aromatic N) is 5. The second-order valence-corrected chi connectivity index (χ2v) is 8.76. The number of halogens is 2. The molecule has 0 spiro atoms. The number of hydrogen-bond acceptors (Lipinski definition) is 7. The van der Waals surface area contributed by atoms with Crippen molar-refractivity contribution in [1.29, 1.82) is 0 Å². The van der Waals surface area contributed by atoms with Gasteiger partial charge in [0, 0.05) is 31.5 Å². The number of morpholine rings is 1. The summed E-state index contributed by atoms with van der Waals surface area (Å²) >= 11 is 0. The van der Waals surface area contributed by atoms with E-state index in [9.17, 15) is 17.2 Å². The normalized spacial score (nSPS) is 17.7. The molecule has 1 N–H and O–H groups in total. The van der Waals surface area contributed by atoms with Crippen LogP contribution in [0.5, 0.6) is 0 Å². The summed E-state index contributed by atoms with van der Waals surface area (Å²) in [5, 5.41) is 3.98. The van der Waals surface area contributed by atoms with E-state index in [4.69, 9.17) is 4.74 Å². The van der Waals surface area contributed by atoms with Gasteiger partial charge in [0.25, 0.3) is 6.43 Å². The fourth-order valence-electron chi connectivity index (χ4n) is 3.26. The molecule has 3 aromatic rings. The lowest BCUT2D eigenvalue weighted by Gasteiger charge is -2.34. The fourth-order valence-corrected chi connectivity index (χ4v) is 3.75. The summed E-state index contributed by atoms with van der Waals surface area (Å²) in [6.07, 6.45) is 1.29. The van der Waals surface area contributed by atoms with Crippen molar-refractivity contribution in [3.8, 4) is 11.4 Å². The zero-order valence-corrected chi connectivity index (χ0v) is 16.9. The summed E-state index contributed by atoms with van der Waals surface area (Å²) in [5.41, 5.74) is 1.99. The van der Waals surface area contributed by atoms with Crippen molar-refractivity contribution in [2.24, 2.45) is 0 Å². The van der Waals surface area contributed by atoms with Crippen molar-refractivity contribution in [2.45, 2.75) is 12.5 Å². The van der Waals surface area contributed by atoms with Crippen molar-refractivity contribution in [2.75, 3.05) is 37.4 Å². The number of sulfonamides is 1. The lowest BCUT2D eigenvalue weighted by molar-refractivity contribution is 0.0443. The van der Waals surface area contributed by atoms with Crippen LogP contribution in [0.1, 0.15) is 12.1 Å². The van der Waals surface area contributed by atoms with E-state index in [2.05, 4.69) is 24.7 Å². The van der Waals surface area contributed by atoms with Gasteiger partial charge in [0.05, 0.1) is 30.9 Å². The van der Waals surface area contributed by atoms with Crippen LogP contribution < -0.4 is 9.62 Å². The van der Waals surface area contributed by atoms with E-state index in [1.54, 1.807) is 12.4 Å². The largest absolute Gasteiger partial charge is 0.373 e. The van der Waals surface area contributed by atoms with Crippen LogP contribution in [0.4, 0.5) is 14.5 Å². The first-order chi connectivity index (χ1) is 14.3. The number of imidazole rings is 1. The number of aromatic nitrogens is 4. The number of ether oxygens (including phenoxy) is 1. The minimum Gasteiger partial charge on any atom is -0.373 e. The van der Waals surface area contributed by atoms with Crippen LogP contribution >= 0.6 is 0 Å². The second-order valence-electron chi connectivity index (χ2n) is 6.93. The monoisotopic (exact) mass is 438 g/mol. The van der Waals surface area contributed by atoms with Gasteiger partial charge in [0.15, 0.2) is 5.65 Å². The molecule has 1 fully saturated rings. The van der Waals surface area contributed by atoms with E-state index in [1.165, 1.54) is 16.6 Å². The smallest absolute Gasteiger partial charge is 0.282 e. The van der Waals surface area contributed by atoms with Gasteiger partial charge in [0.2, 0.25) is 10.0 Å². The van der Waals surface area contributed by atoms with Gasteiger partial charge in [-0.1, -0.05) is 0 Å². The first-order valence-electron chi connectivity index (χ1n) is 9.20. The van der Waals surface area contributed by atoms with Gasteiger partial charge in [-0.2, -0.15) is 5.10 Å². The Hall–Kier alpha value is -2.70. The molecular formula is C18H20F2N6O3S. The van der Waals surface area contributed by atoms with Gasteiger partial charge in [-0.05, 0) is 24.3 Å². The van der Waals surface area contributed by atoms with Crippen LogP contribution in [0.25, 0.3) is 17.0 Å². The molecule has 0 amide bonds. The number of anilines is 1. The van der Waals surface area contributed by atoms with E-state index in [-0.39, 0.29) is 18.3 Å². The van der Waals surface area contributed by atoms with E-state index >= 15 is 0 Å². The molecule has 1 aliphatic heterocycles. The number of nitrogens with one attached hydrogen (secondary N) is 1. The number of alkyl halides is 2. The zero-order chi connectivity index (χ0) is 21.3. The molecule has 0 aliphatic carbocycles. The summed E-state index contributed by atoms with van der Waals surface area (Å²) in [6, 6.07) is 6.39. The van der Waals surface area contributed by atoms with Gasteiger partial charge in [-0.3, -0.25) is 4.98 Å². The van der Waals surface area contributed by atoms with Crippen LogP contribution in [0, 0.1) is 0 Å². The van der Waals surface area contributed by atoms with Crippen LogP contribution in [-0.4, -0.2) is 66.6 Å². The minimum absolute atomic E-state index is 0.181. The van der Waals surface area contributed by atoms with Gasteiger partial charge >= 0.3 is 0 Å². The highest BCUT2D eigenvalue weighted by molar-refractivity contribution is 7.88. The van der Waals surface area contributed by atoms with Crippen molar-refractivity contribution in [3.05, 3.63) is 42.4 Å². The molecule has 9 nitrogen and oxygen atoms in total. The molecule has 3 aromatic heterocycles. The number of rotatable bonds is 6. The van der Waals surface area contributed by atoms with Gasteiger partial charge < -0.3 is 9.64 Å². The molecule has 160 valence electrons. The Labute approximate surface area is 171 Å². The highest BCUT2D eigenvalue weighted by atomic mass is 32.2. The lowest BCUT2D eigenvalue weighted by Crippen LogP contribution is -2.47. The Morgan fingerprint density at radius 3 is 2.90 bits per heavy atom. The van der Waals surface area contributed by atoms with Crippen molar-refractivity contribution < 1.29 is 21.9 Å². The maximum atomic E-state index is 13.0. The maximum Gasteiger partial charge on any atom is 0.282 e. The average Bonchev–Trinajstić information content (AvgIpc) is 3.15. The first kappa shape index (κ1) is 20.6. The number of pyridine rings is 1. The summed E-state index contributed by atoms with van der Waals surface area (Å²) < 4.78 is 58.2. The highest BCUT2D eigenvalue weighted by Crippen LogP contribution is 2.25. The predicted octanol–water partition coefficient (Wildman–Crippen LogP) is 1.48. The molecule has 0 saturated carbocycles. The Balaban J connectivity index is 1.59. The molecule has 1 saturated heterocycles. The molecule has 30 heavy (non-hydrogen) atoms. The average molecular weight is 438 g/mol. The quantitative estimate of drug-likeness (QED) is 0.622. The summed E-state index contributed by atoms with van der Waals surface area (Å²) in [4.78, 5) is 10.6. The molecule has 1 atom stereocenters. The number of fused-ring (bicyclic) bond motifs is 1. The summed E-state index contributed by atoms with van der Waals surface area (Å²) in [6.45, 7) is 1.75. The van der Waals surface area contributed by atoms with Crippen LogP contribution in [0.15, 0.2) is 36.7 Å². The molecule has 0 radical (unpaired) electrons. The predicted molar refractivity (Wildman–Crippen MR) is 106 cm³/mol. The van der Waals surface area contributed by atoms with Gasteiger partial charge in [0.1, 0.15) is 11.4 Å². The van der Waals surface area contributed by atoms with Crippen LogP contribution in [0.3, 0.4) is 0 Å². The third-order valence-corrected chi connectivity index (χ3v) is 5.38. The van der Waals surface area contributed by atoms with E-state index in [0.29, 0.717) is 36.7 Å². The van der Waals surface area contributed by atoms with Crippen LogP contribution in [-0.2, 0) is 14.8 Å². The Morgan fingerprint density at radius 2 is 2.13 bits per heavy atom. The Bertz CT molecular complexity index is 1150. The molecule has 1 unspecified atom stereocenters.